The van der Waals surface area contributed by atoms with E-state index in [2.05, 4.69) is 15.2 Å². The molecule has 0 amide bonds. The normalized spacial score (nSPS) is 10.7. The molecule has 0 aliphatic rings. The highest BCUT2D eigenvalue weighted by molar-refractivity contribution is 5.38. The zero-order valence-electron chi connectivity index (χ0n) is 8.46. The molecule has 1 aromatic heterocycles. The van der Waals surface area contributed by atoms with Crippen LogP contribution in [-0.4, -0.2) is 4.98 Å². The Morgan fingerprint density at radius 3 is 2.40 bits per heavy atom. The van der Waals surface area contributed by atoms with Gasteiger partial charge in [0.25, 0.3) is 0 Å². The standard InChI is InChI=1S/C12H11N3/c1-10-5-7-11(8-6-10)14-15-12-4-2-3-9-13-12/h2-9H,1H3/b15-14+. The number of rotatable bonds is 2. The molecular weight excluding hydrogens is 186 g/mol. The molecule has 0 atom stereocenters. The smallest absolute Gasteiger partial charge is 0.174 e. The molecule has 0 saturated heterocycles. The predicted octanol–water partition coefficient (Wildman–Crippen LogP) is 3.81. The second-order valence-electron chi connectivity index (χ2n) is 3.22. The van der Waals surface area contributed by atoms with Gasteiger partial charge in [0.2, 0.25) is 0 Å². The molecule has 0 fully saturated rings. The minimum atomic E-state index is 0.623. The third-order valence-electron chi connectivity index (χ3n) is 1.95. The van der Waals surface area contributed by atoms with Gasteiger partial charge in [0, 0.05) is 6.20 Å². The lowest BCUT2D eigenvalue weighted by Crippen LogP contribution is -1.70. The van der Waals surface area contributed by atoms with E-state index in [1.54, 1.807) is 6.20 Å². The molecular formula is C12H11N3. The zero-order chi connectivity index (χ0) is 10.5. The van der Waals surface area contributed by atoms with Gasteiger partial charge in [-0.25, -0.2) is 4.98 Å². The summed E-state index contributed by atoms with van der Waals surface area (Å²) in [5.74, 6) is 0.623. The van der Waals surface area contributed by atoms with E-state index in [0.29, 0.717) is 5.82 Å². The van der Waals surface area contributed by atoms with Crippen LogP contribution in [0.1, 0.15) is 5.56 Å². The van der Waals surface area contributed by atoms with E-state index < -0.39 is 0 Å². The summed E-state index contributed by atoms with van der Waals surface area (Å²) in [6.07, 6.45) is 1.70. The molecule has 15 heavy (non-hydrogen) atoms. The number of azo groups is 1. The van der Waals surface area contributed by atoms with Gasteiger partial charge in [-0.2, -0.15) is 0 Å². The Kier molecular flexibility index (Phi) is 2.83. The van der Waals surface area contributed by atoms with Crippen molar-refractivity contribution < 1.29 is 0 Å². The molecule has 2 aromatic rings. The lowest BCUT2D eigenvalue weighted by Gasteiger charge is -1.93. The van der Waals surface area contributed by atoms with Crippen molar-refractivity contribution in [2.75, 3.05) is 0 Å². The number of benzene rings is 1. The Morgan fingerprint density at radius 2 is 1.73 bits per heavy atom. The molecule has 0 aliphatic carbocycles. The topological polar surface area (TPSA) is 37.6 Å². The first-order chi connectivity index (χ1) is 7.34. The largest absolute Gasteiger partial charge is 0.236 e. The van der Waals surface area contributed by atoms with E-state index in [1.807, 2.05) is 49.4 Å². The van der Waals surface area contributed by atoms with Crippen molar-refractivity contribution >= 4 is 11.5 Å². The third-order valence-corrected chi connectivity index (χ3v) is 1.95. The van der Waals surface area contributed by atoms with Gasteiger partial charge in [-0.05, 0) is 31.2 Å². The van der Waals surface area contributed by atoms with Crippen LogP contribution in [0.2, 0.25) is 0 Å². The predicted molar refractivity (Wildman–Crippen MR) is 59.6 cm³/mol. The summed E-state index contributed by atoms with van der Waals surface area (Å²) in [4.78, 5) is 4.05. The van der Waals surface area contributed by atoms with Crippen molar-refractivity contribution in [1.29, 1.82) is 0 Å². The van der Waals surface area contributed by atoms with E-state index in [-0.39, 0.29) is 0 Å². The highest BCUT2D eigenvalue weighted by Gasteiger charge is 1.89. The van der Waals surface area contributed by atoms with Crippen LogP contribution < -0.4 is 0 Å². The fraction of sp³-hybridized carbons (Fsp3) is 0.0833. The summed E-state index contributed by atoms with van der Waals surface area (Å²) in [6, 6.07) is 13.4. The fourth-order valence-electron chi connectivity index (χ4n) is 1.13. The second-order valence-corrected chi connectivity index (χ2v) is 3.22. The number of pyridine rings is 1. The molecule has 0 saturated carbocycles. The Bertz CT molecular complexity index is 446. The zero-order valence-corrected chi connectivity index (χ0v) is 8.46. The van der Waals surface area contributed by atoms with Crippen LogP contribution in [0.3, 0.4) is 0 Å². The molecule has 3 heteroatoms. The minimum Gasteiger partial charge on any atom is -0.236 e. The Labute approximate surface area is 88.5 Å². The first-order valence-electron chi connectivity index (χ1n) is 4.74. The summed E-state index contributed by atoms with van der Waals surface area (Å²) in [5.41, 5.74) is 2.05. The molecule has 1 heterocycles. The lowest BCUT2D eigenvalue weighted by molar-refractivity contribution is 1.15. The van der Waals surface area contributed by atoms with Gasteiger partial charge < -0.3 is 0 Å². The lowest BCUT2D eigenvalue weighted by atomic mass is 10.2. The maximum atomic E-state index is 4.08. The fourth-order valence-corrected chi connectivity index (χ4v) is 1.13. The van der Waals surface area contributed by atoms with Crippen molar-refractivity contribution in [3.8, 4) is 0 Å². The molecule has 0 aliphatic heterocycles. The summed E-state index contributed by atoms with van der Waals surface area (Å²) < 4.78 is 0. The van der Waals surface area contributed by atoms with Crippen molar-refractivity contribution in [3.63, 3.8) is 0 Å². The first-order valence-corrected chi connectivity index (χ1v) is 4.74. The number of hydrogen-bond donors (Lipinski definition) is 0. The van der Waals surface area contributed by atoms with Gasteiger partial charge in [0.05, 0.1) is 5.69 Å². The number of aromatic nitrogens is 1. The molecule has 0 unspecified atom stereocenters. The number of aryl methyl sites for hydroxylation is 1. The first kappa shape index (κ1) is 9.52. The van der Waals surface area contributed by atoms with Crippen LogP contribution in [0.4, 0.5) is 11.5 Å². The molecule has 3 nitrogen and oxygen atoms in total. The number of nitrogens with zero attached hydrogens (tertiary/aromatic N) is 3. The minimum absolute atomic E-state index is 0.623. The number of hydrogen-bond acceptors (Lipinski definition) is 3. The average molecular weight is 197 g/mol. The highest BCUT2D eigenvalue weighted by atomic mass is 15.1. The molecule has 0 bridgehead atoms. The molecule has 0 spiro atoms. The molecule has 0 N–H and O–H groups in total. The Balaban J connectivity index is 2.15. The van der Waals surface area contributed by atoms with Crippen molar-refractivity contribution in [1.82, 2.24) is 4.98 Å². The van der Waals surface area contributed by atoms with Crippen LogP contribution in [0, 0.1) is 6.92 Å². The van der Waals surface area contributed by atoms with Crippen LogP contribution >= 0.6 is 0 Å². The van der Waals surface area contributed by atoms with Crippen LogP contribution in [0.25, 0.3) is 0 Å². The summed E-state index contributed by atoms with van der Waals surface area (Å²) >= 11 is 0. The van der Waals surface area contributed by atoms with E-state index in [4.69, 9.17) is 0 Å². The molecule has 74 valence electrons. The molecule has 2 rings (SSSR count). The average Bonchev–Trinajstić information content (AvgIpc) is 2.30. The maximum Gasteiger partial charge on any atom is 0.174 e. The third kappa shape index (κ3) is 2.71. The van der Waals surface area contributed by atoms with Gasteiger partial charge in [0.15, 0.2) is 5.82 Å². The van der Waals surface area contributed by atoms with Gasteiger partial charge in [0.1, 0.15) is 0 Å². The van der Waals surface area contributed by atoms with Crippen LogP contribution in [-0.2, 0) is 0 Å². The monoisotopic (exact) mass is 197 g/mol. The van der Waals surface area contributed by atoms with Crippen LogP contribution in [0.15, 0.2) is 58.9 Å². The van der Waals surface area contributed by atoms with Gasteiger partial charge in [-0.3, -0.25) is 0 Å². The Hall–Kier alpha value is -2.03. The van der Waals surface area contributed by atoms with Gasteiger partial charge in [-0.1, -0.05) is 23.8 Å². The van der Waals surface area contributed by atoms with Gasteiger partial charge >= 0.3 is 0 Å². The van der Waals surface area contributed by atoms with E-state index >= 15 is 0 Å². The maximum absolute atomic E-state index is 4.08. The molecule has 0 radical (unpaired) electrons. The van der Waals surface area contributed by atoms with Gasteiger partial charge in [-0.15, -0.1) is 10.2 Å². The second kappa shape index (κ2) is 4.46. The Morgan fingerprint density at radius 1 is 0.933 bits per heavy atom. The van der Waals surface area contributed by atoms with Crippen molar-refractivity contribution in [2.24, 2.45) is 10.2 Å². The molecule has 1 aromatic carbocycles. The van der Waals surface area contributed by atoms with E-state index in [9.17, 15) is 0 Å². The SMILES string of the molecule is Cc1ccc(/N=N/c2ccccn2)cc1. The van der Waals surface area contributed by atoms with Crippen molar-refractivity contribution in [3.05, 3.63) is 54.2 Å². The van der Waals surface area contributed by atoms with E-state index in [1.165, 1.54) is 5.56 Å². The van der Waals surface area contributed by atoms with Crippen molar-refractivity contribution in [2.45, 2.75) is 6.92 Å². The van der Waals surface area contributed by atoms with E-state index in [0.717, 1.165) is 5.69 Å². The summed E-state index contributed by atoms with van der Waals surface area (Å²) in [6.45, 7) is 2.04. The summed E-state index contributed by atoms with van der Waals surface area (Å²) in [7, 11) is 0. The highest BCUT2D eigenvalue weighted by Crippen LogP contribution is 2.16. The quantitative estimate of drug-likeness (QED) is 0.674. The summed E-state index contributed by atoms with van der Waals surface area (Å²) in [5, 5.41) is 8.10. The van der Waals surface area contributed by atoms with Crippen LogP contribution in [0.5, 0.6) is 0 Å².